The minimum atomic E-state index is 0.0451. The van der Waals surface area contributed by atoms with Gasteiger partial charge in [-0.05, 0) is 48.7 Å². The molecule has 0 aromatic heterocycles. The van der Waals surface area contributed by atoms with Gasteiger partial charge in [-0.15, -0.1) is 0 Å². The van der Waals surface area contributed by atoms with Crippen molar-refractivity contribution < 1.29 is 9.53 Å². The molecular formula is C16H16O2. The van der Waals surface area contributed by atoms with Crippen molar-refractivity contribution in [3.63, 3.8) is 0 Å². The molecule has 0 aliphatic heterocycles. The van der Waals surface area contributed by atoms with E-state index in [1.807, 2.05) is 30.3 Å². The van der Waals surface area contributed by atoms with Gasteiger partial charge in [0.25, 0.3) is 0 Å². The van der Waals surface area contributed by atoms with E-state index in [4.69, 9.17) is 4.74 Å². The van der Waals surface area contributed by atoms with E-state index in [1.54, 1.807) is 20.1 Å². The summed E-state index contributed by atoms with van der Waals surface area (Å²) in [7, 11) is 1.61. The molecule has 0 heterocycles. The molecule has 0 bridgehead atoms. The number of rotatable bonds is 3. The average Bonchev–Trinajstić information content (AvgIpc) is 2.38. The van der Waals surface area contributed by atoms with Gasteiger partial charge in [0.15, 0.2) is 5.78 Å². The zero-order chi connectivity index (χ0) is 13.1. The Labute approximate surface area is 107 Å². The van der Waals surface area contributed by atoms with Crippen LogP contribution in [0.25, 0.3) is 11.1 Å². The maximum absolute atomic E-state index is 11.5. The third-order valence-corrected chi connectivity index (χ3v) is 3.00. The number of carbonyl (C=O) groups is 1. The van der Waals surface area contributed by atoms with Gasteiger partial charge in [0, 0.05) is 5.56 Å². The van der Waals surface area contributed by atoms with Crippen molar-refractivity contribution in [2.75, 3.05) is 7.11 Å². The lowest BCUT2D eigenvalue weighted by Gasteiger charge is -2.10. The van der Waals surface area contributed by atoms with Gasteiger partial charge in [-0.3, -0.25) is 4.79 Å². The Bertz CT molecular complexity index is 585. The van der Waals surface area contributed by atoms with Crippen LogP contribution in [0.3, 0.4) is 0 Å². The molecule has 92 valence electrons. The fourth-order valence-electron chi connectivity index (χ4n) is 1.97. The van der Waals surface area contributed by atoms with E-state index in [0.29, 0.717) is 11.3 Å². The Kier molecular flexibility index (Phi) is 3.47. The molecule has 2 rings (SSSR count). The molecule has 0 radical (unpaired) electrons. The van der Waals surface area contributed by atoms with Crippen LogP contribution in [-0.2, 0) is 0 Å². The number of ketones is 1. The summed E-state index contributed by atoms with van der Waals surface area (Å²) in [5, 5.41) is 0. The Morgan fingerprint density at radius 2 is 1.83 bits per heavy atom. The van der Waals surface area contributed by atoms with Gasteiger partial charge in [0.1, 0.15) is 5.75 Å². The molecule has 2 nitrogen and oxygen atoms in total. The first-order chi connectivity index (χ1) is 8.61. The Morgan fingerprint density at radius 3 is 2.44 bits per heavy atom. The molecule has 18 heavy (non-hydrogen) atoms. The molecule has 0 fully saturated rings. The first-order valence-electron chi connectivity index (χ1n) is 5.88. The largest absolute Gasteiger partial charge is 0.497 e. The van der Waals surface area contributed by atoms with Crippen LogP contribution in [0.2, 0.25) is 0 Å². The van der Waals surface area contributed by atoms with E-state index in [0.717, 1.165) is 11.1 Å². The molecule has 0 aliphatic carbocycles. The molecule has 0 amide bonds. The van der Waals surface area contributed by atoms with Crippen LogP contribution in [0.15, 0.2) is 42.5 Å². The molecule has 0 spiro atoms. The van der Waals surface area contributed by atoms with Gasteiger partial charge in [-0.2, -0.15) is 0 Å². The number of hydrogen-bond acceptors (Lipinski definition) is 2. The zero-order valence-electron chi connectivity index (χ0n) is 10.9. The summed E-state index contributed by atoms with van der Waals surface area (Å²) in [5.74, 6) is 0.754. The predicted molar refractivity (Wildman–Crippen MR) is 73.2 cm³/mol. The van der Waals surface area contributed by atoms with E-state index in [9.17, 15) is 4.79 Å². The Balaban J connectivity index is 2.60. The average molecular weight is 240 g/mol. The molecule has 0 unspecified atom stereocenters. The van der Waals surface area contributed by atoms with Crippen molar-refractivity contribution in [2.24, 2.45) is 0 Å². The summed E-state index contributed by atoms with van der Waals surface area (Å²) in [6.45, 7) is 3.62. The highest BCUT2D eigenvalue weighted by atomic mass is 16.5. The number of ether oxygens (including phenoxy) is 1. The van der Waals surface area contributed by atoms with Crippen molar-refractivity contribution in [3.8, 4) is 16.9 Å². The monoisotopic (exact) mass is 240 g/mol. The van der Waals surface area contributed by atoms with Gasteiger partial charge in [0.05, 0.1) is 7.11 Å². The van der Waals surface area contributed by atoms with Gasteiger partial charge in [-0.25, -0.2) is 0 Å². The lowest BCUT2D eigenvalue weighted by molar-refractivity contribution is 0.101. The van der Waals surface area contributed by atoms with Gasteiger partial charge in [-0.1, -0.05) is 24.3 Å². The van der Waals surface area contributed by atoms with Crippen LogP contribution in [0, 0.1) is 6.92 Å². The standard InChI is InChI=1S/C16H16O2/c1-11-6-4-5-7-16(11)14-8-13(12(2)17)9-15(10-14)18-3/h4-10H,1-3H3. The van der Waals surface area contributed by atoms with Crippen molar-refractivity contribution in [1.82, 2.24) is 0 Å². The highest BCUT2D eigenvalue weighted by Gasteiger charge is 2.08. The first kappa shape index (κ1) is 12.4. The van der Waals surface area contributed by atoms with E-state index >= 15 is 0 Å². The summed E-state index contributed by atoms with van der Waals surface area (Å²) in [6.07, 6.45) is 0. The van der Waals surface area contributed by atoms with Crippen molar-refractivity contribution >= 4 is 5.78 Å². The predicted octanol–water partition coefficient (Wildman–Crippen LogP) is 3.87. The molecule has 2 aromatic carbocycles. The van der Waals surface area contributed by atoms with E-state index in [1.165, 1.54) is 5.56 Å². The molecule has 0 saturated heterocycles. The third-order valence-electron chi connectivity index (χ3n) is 3.00. The molecule has 2 aromatic rings. The maximum atomic E-state index is 11.5. The number of methoxy groups -OCH3 is 1. The summed E-state index contributed by atoms with van der Waals surface area (Å²) < 4.78 is 5.25. The lowest BCUT2D eigenvalue weighted by Crippen LogP contribution is -1.95. The second-order valence-corrected chi connectivity index (χ2v) is 4.32. The number of hydrogen-bond donors (Lipinski definition) is 0. The molecule has 0 aliphatic rings. The number of Topliss-reactive ketones (excluding diaryl/α,β-unsaturated/α-hetero) is 1. The maximum Gasteiger partial charge on any atom is 0.159 e. The minimum Gasteiger partial charge on any atom is -0.497 e. The minimum absolute atomic E-state index is 0.0451. The van der Waals surface area contributed by atoms with Crippen LogP contribution < -0.4 is 4.74 Å². The van der Waals surface area contributed by atoms with Crippen LogP contribution in [0.1, 0.15) is 22.8 Å². The van der Waals surface area contributed by atoms with E-state index in [-0.39, 0.29) is 5.78 Å². The van der Waals surface area contributed by atoms with Crippen LogP contribution in [0.4, 0.5) is 0 Å². The summed E-state index contributed by atoms with van der Waals surface area (Å²) >= 11 is 0. The molecule has 0 atom stereocenters. The summed E-state index contributed by atoms with van der Waals surface area (Å²) in [4.78, 5) is 11.5. The molecular weight excluding hydrogens is 224 g/mol. The second kappa shape index (κ2) is 5.05. The normalized spacial score (nSPS) is 10.2. The zero-order valence-corrected chi connectivity index (χ0v) is 10.9. The van der Waals surface area contributed by atoms with Crippen LogP contribution in [0.5, 0.6) is 5.75 Å². The molecule has 0 N–H and O–H groups in total. The summed E-state index contributed by atoms with van der Waals surface area (Å²) in [5.41, 5.74) is 3.99. The third kappa shape index (κ3) is 2.43. The fourth-order valence-corrected chi connectivity index (χ4v) is 1.97. The first-order valence-corrected chi connectivity index (χ1v) is 5.88. The molecule has 2 heteroatoms. The Morgan fingerprint density at radius 1 is 1.11 bits per heavy atom. The smallest absolute Gasteiger partial charge is 0.159 e. The second-order valence-electron chi connectivity index (χ2n) is 4.32. The lowest BCUT2D eigenvalue weighted by atomic mass is 9.97. The highest BCUT2D eigenvalue weighted by Crippen LogP contribution is 2.28. The van der Waals surface area contributed by atoms with E-state index < -0.39 is 0 Å². The topological polar surface area (TPSA) is 26.3 Å². The number of aryl methyl sites for hydroxylation is 1. The van der Waals surface area contributed by atoms with Crippen molar-refractivity contribution in [1.29, 1.82) is 0 Å². The Hall–Kier alpha value is -2.09. The number of benzene rings is 2. The van der Waals surface area contributed by atoms with Crippen molar-refractivity contribution in [2.45, 2.75) is 13.8 Å². The molecule has 0 saturated carbocycles. The highest BCUT2D eigenvalue weighted by molar-refractivity contribution is 5.96. The summed E-state index contributed by atoms with van der Waals surface area (Å²) in [6, 6.07) is 13.7. The quantitative estimate of drug-likeness (QED) is 0.761. The fraction of sp³-hybridized carbons (Fsp3) is 0.188. The van der Waals surface area contributed by atoms with Crippen LogP contribution in [-0.4, -0.2) is 12.9 Å². The number of carbonyl (C=O) groups excluding carboxylic acids is 1. The van der Waals surface area contributed by atoms with Gasteiger partial charge in [0.2, 0.25) is 0 Å². The van der Waals surface area contributed by atoms with E-state index in [2.05, 4.69) is 13.0 Å². The van der Waals surface area contributed by atoms with Crippen LogP contribution >= 0.6 is 0 Å². The van der Waals surface area contributed by atoms with Gasteiger partial charge >= 0.3 is 0 Å². The SMILES string of the molecule is COc1cc(C(C)=O)cc(-c2ccccc2C)c1. The van der Waals surface area contributed by atoms with Gasteiger partial charge < -0.3 is 4.74 Å². The van der Waals surface area contributed by atoms with Crippen molar-refractivity contribution in [3.05, 3.63) is 53.6 Å².